The summed E-state index contributed by atoms with van der Waals surface area (Å²) in [6, 6.07) is -0.224. The minimum atomic E-state index is -2.03. The predicted octanol–water partition coefficient (Wildman–Crippen LogP) is 3.51. The quantitative estimate of drug-likeness (QED) is 0.749. The van der Waals surface area contributed by atoms with Gasteiger partial charge in [0.05, 0.1) is 6.04 Å². The second-order valence-electron chi connectivity index (χ2n) is 9.55. The lowest BCUT2D eigenvalue weighted by Gasteiger charge is -2.46. The van der Waals surface area contributed by atoms with Gasteiger partial charge in [0.2, 0.25) is 0 Å². The standard InChI is InChI=1S/C18H36N2O4Si/c1-17(2,3)14(12-23-16(19)22)20-11-9-10-13(15(20)21)24-25(7,8)18(4,5)6/h13-14H,9-12H2,1-8H3,(H2,19,22)/t13?,14-/m1/s1. The van der Waals surface area contributed by atoms with Gasteiger partial charge in [0.15, 0.2) is 8.32 Å². The number of hydrogen-bond acceptors (Lipinski definition) is 4. The van der Waals surface area contributed by atoms with Gasteiger partial charge in [-0.15, -0.1) is 0 Å². The molecule has 25 heavy (non-hydrogen) atoms. The van der Waals surface area contributed by atoms with Gasteiger partial charge in [-0.3, -0.25) is 4.79 Å². The van der Waals surface area contributed by atoms with E-state index in [1.807, 2.05) is 25.7 Å². The third kappa shape index (κ3) is 5.71. The molecule has 0 saturated carbocycles. The van der Waals surface area contributed by atoms with Crippen molar-refractivity contribution in [2.45, 2.75) is 84.7 Å². The van der Waals surface area contributed by atoms with Gasteiger partial charge in [-0.05, 0) is 36.4 Å². The summed E-state index contributed by atoms with van der Waals surface area (Å²) in [6.45, 7) is 17.7. The monoisotopic (exact) mass is 372 g/mol. The number of amides is 2. The topological polar surface area (TPSA) is 81.9 Å². The zero-order valence-corrected chi connectivity index (χ0v) is 18.1. The minimum Gasteiger partial charge on any atom is -0.447 e. The normalized spacial score (nSPS) is 21.2. The van der Waals surface area contributed by atoms with Crippen LogP contribution < -0.4 is 5.73 Å². The molecule has 7 heteroatoms. The van der Waals surface area contributed by atoms with Gasteiger partial charge >= 0.3 is 6.09 Å². The zero-order chi connectivity index (χ0) is 19.6. The molecule has 2 atom stereocenters. The van der Waals surface area contributed by atoms with Crippen LogP contribution in [-0.4, -0.2) is 50.5 Å². The van der Waals surface area contributed by atoms with Gasteiger partial charge in [-0.2, -0.15) is 0 Å². The van der Waals surface area contributed by atoms with Crippen molar-refractivity contribution in [1.82, 2.24) is 4.90 Å². The van der Waals surface area contributed by atoms with E-state index in [9.17, 15) is 9.59 Å². The van der Waals surface area contributed by atoms with Crippen LogP contribution in [-0.2, 0) is 14.0 Å². The molecule has 2 amide bonds. The fourth-order valence-electron chi connectivity index (χ4n) is 2.79. The summed E-state index contributed by atoms with van der Waals surface area (Å²) in [7, 11) is -2.03. The van der Waals surface area contributed by atoms with Gasteiger partial charge in [0, 0.05) is 6.54 Å². The molecule has 1 rings (SSSR count). The minimum absolute atomic E-state index is 0.00377. The lowest BCUT2D eigenvalue weighted by molar-refractivity contribution is -0.149. The van der Waals surface area contributed by atoms with Crippen LogP contribution in [0.15, 0.2) is 0 Å². The molecule has 0 bridgehead atoms. The van der Waals surface area contributed by atoms with Gasteiger partial charge in [0.25, 0.3) is 5.91 Å². The third-order valence-electron chi connectivity index (χ3n) is 5.43. The van der Waals surface area contributed by atoms with Crippen molar-refractivity contribution in [1.29, 1.82) is 0 Å². The highest BCUT2D eigenvalue weighted by Crippen LogP contribution is 2.39. The Labute approximate surface area is 153 Å². The number of likely N-dealkylation sites (tertiary alicyclic amines) is 1. The van der Waals surface area contributed by atoms with E-state index in [-0.39, 0.29) is 29.0 Å². The van der Waals surface area contributed by atoms with Crippen molar-refractivity contribution >= 4 is 20.3 Å². The number of rotatable bonds is 5. The maximum absolute atomic E-state index is 13.1. The van der Waals surface area contributed by atoms with Gasteiger partial charge in [-0.25, -0.2) is 4.79 Å². The first-order valence-electron chi connectivity index (χ1n) is 9.07. The largest absolute Gasteiger partial charge is 0.447 e. The van der Waals surface area contributed by atoms with Crippen molar-refractivity contribution in [3.63, 3.8) is 0 Å². The molecule has 1 aliphatic rings. The fourth-order valence-corrected chi connectivity index (χ4v) is 4.07. The van der Waals surface area contributed by atoms with Crippen molar-refractivity contribution in [2.75, 3.05) is 13.2 Å². The Morgan fingerprint density at radius 1 is 1.28 bits per heavy atom. The Bertz CT molecular complexity index is 494. The number of nitrogens with two attached hydrogens (primary N) is 1. The smallest absolute Gasteiger partial charge is 0.404 e. The first-order chi connectivity index (χ1) is 11.2. The first-order valence-corrected chi connectivity index (χ1v) is 12.0. The Morgan fingerprint density at radius 3 is 2.28 bits per heavy atom. The van der Waals surface area contributed by atoms with E-state index in [1.165, 1.54) is 0 Å². The molecule has 146 valence electrons. The number of piperidine rings is 1. The van der Waals surface area contributed by atoms with Crippen LogP contribution in [0, 0.1) is 5.41 Å². The maximum Gasteiger partial charge on any atom is 0.404 e. The van der Waals surface area contributed by atoms with Gasteiger partial charge in [-0.1, -0.05) is 41.5 Å². The fraction of sp³-hybridized carbons (Fsp3) is 0.889. The molecule has 0 aromatic rings. The molecule has 0 aromatic heterocycles. The van der Waals surface area contributed by atoms with Crippen LogP contribution in [0.3, 0.4) is 0 Å². The summed E-state index contributed by atoms with van der Waals surface area (Å²) in [5.41, 5.74) is 4.89. The van der Waals surface area contributed by atoms with E-state index in [1.54, 1.807) is 0 Å². The van der Waals surface area contributed by atoms with Crippen LogP contribution in [0.2, 0.25) is 18.1 Å². The molecule has 1 fully saturated rings. The second kappa shape index (κ2) is 7.66. The molecule has 0 spiro atoms. The molecule has 1 saturated heterocycles. The second-order valence-corrected chi connectivity index (χ2v) is 14.3. The van der Waals surface area contributed by atoms with E-state index in [2.05, 4.69) is 33.9 Å². The zero-order valence-electron chi connectivity index (χ0n) is 17.1. The number of primary amides is 1. The molecule has 6 nitrogen and oxygen atoms in total. The molecule has 2 N–H and O–H groups in total. The highest BCUT2D eigenvalue weighted by atomic mass is 28.4. The van der Waals surface area contributed by atoms with Crippen molar-refractivity contribution in [2.24, 2.45) is 11.1 Å². The van der Waals surface area contributed by atoms with E-state index in [0.717, 1.165) is 12.8 Å². The van der Waals surface area contributed by atoms with Crippen LogP contribution in [0.1, 0.15) is 54.4 Å². The Morgan fingerprint density at radius 2 is 1.84 bits per heavy atom. The molecule has 1 heterocycles. The first kappa shape index (κ1) is 22.0. The summed E-state index contributed by atoms with van der Waals surface area (Å²) in [6.07, 6.45) is 0.407. The molecule has 0 aromatic carbocycles. The molecule has 1 aliphatic heterocycles. The number of carbonyl (C=O) groups is 2. The average Bonchev–Trinajstić information content (AvgIpc) is 2.39. The third-order valence-corrected chi connectivity index (χ3v) is 9.91. The van der Waals surface area contributed by atoms with Crippen LogP contribution in [0.25, 0.3) is 0 Å². The molecule has 0 aliphatic carbocycles. The van der Waals surface area contributed by atoms with Gasteiger partial charge < -0.3 is 19.8 Å². The lowest BCUT2D eigenvalue weighted by Crippen LogP contribution is -2.58. The summed E-state index contributed by atoms with van der Waals surface area (Å²) in [5.74, 6) is 0.00377. The maximum atomic E-state index is 13.1. The van der Waals surface area contributed by atoms with Crippen molar-refractivity contribution in [3.05, 3.63) is 0 Å². The summed E-state index contributed by atoms with van der Waals surface area (Å²) < 4.78 is 11.4. The predicted molar refractivity (Wildman–Crippen MR) is 102 cm³/mol. The molecule has 0 radical (unpaired) electrons. The average molecular weight is 373 g/mol. The number of hydrogen-bond donors (Lipinski definition) is 1. The Hall–Kier alpha value is -1.08. The van der Waals surface area contributed by atoms with Crippen molar-refractivity contribution in [3.8, 4) is 0 Å². The molecular weight excluding hydrogens is 336 g/mol. The Balaban J connectivity index is 2.97. The number of ether oxygens (including phenoxy) is 1. The van der Waals surface area contributed by atoms with Crippen LogP contribution in [0.4, 0.5) is 4.79 Å². The lowest BCUT2D eigenvalue weighted by atomic mass is 9.85. The van der Waals surface area contributed by atoms with Crippen LogP contribution >= 0.6 is 0 Å². The SMILES string of the molecule is CC(C)(C)[C@@H](COC(N)=O)N1CCCC(O[Si](C)(C)C(C)(C)C)C1=O. The highest BCUT2D eigenvalue weighted by molar-refractivity contribution is 6.74. The van der Waals surface area contributed by atoms with E-state index >= 15 is 0 Å². The number of carbonyl (C=O) groups excluding carboxylic acids is 2. The summed E-state index contributed by atoms with van der Waals surface area (Å²) in [5, 5.41) is 0.0497. The van der Waals surface area contributed by atoms with E-state index < -0.39 is 20.5 Å². The molecule has 1 unspecified atom stereocenters. The van der Waals surface area contributed by atoms with E-state index in [0.29, 0.717) is 6.54 Å². The summed E-state index contributed by atoms with van der Waals surface area (Å²) in [4.78, 5) is 26.0. The van der Waals surface area contributed by atoms with Crippen LogP contribution in [0.5, 0.6) is 0 Å². The number of nitrogens with zero attached hydrogens (tertiary/aromatic N) is 1. The van der Waals surface area contributed by atoms with Crippen molar-refractivity contribution < 1.29 is 18.8 Å². The van der Waals surface area contributed by atoms with Gasteiger partial charge in [0.1, 0.15) is 12.7 Å². The molecular formula is C18H36N2O4Si. The highest BCUT2D eigenvalue weighted by Gasteiger charge is 2.44. The van der Waals surface area contributed by atoms with E-state index in [4.69, 9.17) is 14.9 Å². The Kier molecular flexibility index (Phi) is 6.73. The summed E-state index contributed by atoms with van der Waals surface area (Å²) >= 11 is 0.